The second kappa shape index (κ2) is 17.0. The second-order valence-electron chi connectivity index (χ2n) is 3.66. The third-order valence-electron chi connectivity index (χ3n) is 2.13. The van der Waals surface area contributed by atoms with Crippen LogP contribution < -0.4 is 24.8 Å². The molecular weight excluding hydrogens is 382 g/mol. The van der Waals surface area contributed by atoms with Crippen molar-refractivity contribution in [3.8, 4) is 0 Å². The molecule has 2 aromatic carbocycles. The van der Waals surface area contributed by atoms with Crippen molar-refractivity contribution in [3.05, 3.63) is 66.8 Å². The van der Waals surface area contributed by atoms with Gasteiger partial charge in [-0.3, -0.25) is 6.08 Å². The van der Waals surface area contributed by atoms with Gasteiger partial charge in [-0.05, 0) is 0 Å². The van der Waals surface area contributed by atoms with E-state index in [-0.39, 0.29) is 51.0 Å². The van der Waals surface area contributed by atoms with Gasteiger partial charge in [-0.1, -0.05) is 19.2 Å². The Balaban J connectivity index is -0.000000231. The van der Waals surface area contributed by atoms with Crippen molar-refractivity contribution in [2.75, 3.05) is 0 Å². The number of halogens is 2. The zero-order valence-corrected chi connectivity index (χ0v) is 16.7. The Bertz CT molecular complexity index is 438. The number of rotatable bonds is 0. The van der Waals surface area contributed by atoms with Gasteiger partial charge in [-0.25, -0.2) is 12.2 Å². The van der Waals surface area contributed by atoms with Crippen molar-refractivity contribution in [3.63, 3.8) is 0 Å². The first-order valence-electron chi connectivity index (χ1n) is 5.79. The van der Waals surface area contributed by atoms with Gasteiger partial charge in [0.2, 0.25) is 0 Å². The molecule has 4 heteroatoms. The Morgan fingerprint density at radius 1 is 1.10 bits per heavy atom. The molecule has 104 valence electrons. The molecular formula is C16H18Cl2SiZr. The fourth-order valence-electron chi connectivity index (χ4n) is 1.41. The van der Waals surface area contributed by atoms with E-state index in [4.69, 9.17) is 0 Å². The van der Waals surface area contributed by atoms with Gasteiger partial charge in [0.25, 0.3) is 0 Å². The minimum absolute atomic E-state index is 0. The number of benzene rings is 1. The fourth-order valence-corrected chi connectivity index (χ4v) is 1.41. The van der Waals surface area contributed by atoms with Crippen LogP contribution in [0.1, 0.15) is 6.42 Å². The van der Waals surface area contributed by atoms with Crippen LogP contribution >= 0.6 is 0 Å². The molecule has 0 unspecified atom stereocenters. The molecule has 20 heavy (non-hydrogen) atoms. The molecule has 0 heterocycles. The van der Waals surface area contributed by atoms with E-state index in [9.17, 15) is 0 Å². The van der Waals surface area contributed by atoms with Crippen molar-refractivity contribution >= 4 is 20.3 Å². The Morgan fingerprint density at radius 2 is 1.75 bits per heavy atom. The van der Waals surface area contributed by atoms with Crippen LogP contribution in [0.5, 0.6) is 0 Å². The number of hydrogen-bond donors (Lipinski definition) is 0. The largest absolute Gasteiger partial charge is 4.00 e. The van der Waals surface area contributed by atoms with Crippen LogP contribution in [0, 0.1) is 6.08 Å². The maximum atomic E-state index is 2.99. The number of allylic oxidation sites excluding steroid dienone is 4. The zero-order valence-electron chi connectivity index (χ0n) is 11.7. The zero-order chi connectivity index (χ0) is 12.3. The van der Waals surface area contributed by atoms with E-state index in [1.165, 1.54) is 10.8 Å². The molecule has 0 aliphatic heterocycles. The molecule has 1 aliphatic rings. The predicted molar refractivity (Wildman–Crippen MR) is 78.6 cm³/mol. The van der Waals surface area contributed by atoms with E-state index in [0.29, 0.717) is 0 Å². The molecule has 0 atom stereocenters. The van der Waals surface area contributed by atoms with Gasteiger partial charge in [0, 0.05) is 9.52 Å². The van der Waals surface area contributed by atoms with Gasteiger partial charge in [-0.15, -0.1) is 36.1 Å². The monoisotopic (exact) mass is 398 g/mol. The molecule has 1 aliphatic carbocycles. The Labute approximate surface area is 156 Å². The average Bonchev–Trinajstić information content (AvgIpc) is 3.05. The first-order valence-corrected chi connectivity index (χ1v) is 7.79. The second-order valence-corrected chi connectivity index (χ2v) is 4.66. The summed E-state index contributed by atoms with van der Waals surface area (Å²) in [6.45, 7) is 4.31. The first kappa shape index (κ1) is 25.0. The third kappa shape index (κ3) is 10.7. The summed E-state index contributed by atoms with van der Waals surface area (Å²) < 4.78 is 0. The maximum Gasteiger partial charge on any atom is 4.00 e. The van der Waals surface area contributed by atoms with Gasteiger partial charge in [0.05, 0.1) is 0 Å². The standard InChI is InChI=1S/C9H7.C5H5.C2H6Si.2ClH.Zr/c1-2-5-9-7-3-6-8(9)4-1;1-2-4-5-3-1;1-3-2;;;/h1-7H;1-3H,4H2;1-2H3;2*1H;/q2*-1;;;;+4/p-2. The molecule has 0 spiro atoms. The smallest absolute Gasteiger partial charge is 1.00 e. The SMILES string of the molecule is C[Si]C.[C-]1=CC=CC1.[Cl-].[Cl-].[Zr+4].c1ccc2[cH-]ccc2c1. The van der Waals surface area contributed by atoms with E-state index < -0.39 is 0 Å². The average molecular weight is 401 g/mol. The van der Waals surface area contributed by atoms with Crippen LogP contribution in [0.15, 0.2) is 60.7 Å². The van der Waals surface area contributed by atoms with Crippen molar-refractivity contribution in [2.24, 2.45) is 0 Å². The van der Waals surface area contributed by atoms with Crippen molar-refractivity contribution in [1.29, 1.82) is 0 Å². The van der Waals surface area contributed by atoms with Crippen LogP contribution in [0.3, 0.4) is 0 Å². The van der Waals surface area contributed by atoms with Gasteiger partial charge in [-0.2, -0.15) is 23.6 Å². The van der Waals surface area contributed by atoms with E-state index in [1.54, 1.807) is 0 Å². The van der Waals surface area contributed by atoms with Crippen molar-refractivity contribution < 1.29 is 51.0 Å². The summed E-state index contributed by atoms with van der Waals surface area (Å²) in [6.07, 6.45) is 10.0. The van der Waals surface area contributed by atoms with Crippen LogP contribution in [-0.2, 0) is 26.2 Å². The molecule has 2 aromatic rings. The molecule has 0 N–H and O–H groups in total. The Kier molecular flexibility index (Phi) is 21.3. The topological polar surface area (TPSA) is 0 Å². The summed E-state index contributed by atoms with van der Waals surface area (Å²) in [5.41, 5.74) is 0. The molecule has 0 nitrogen and oxygen atoms in total. The molecule has 0 saturated heterocycles. The van der Waals surface area contributed by atoms with E-state index in [0.717, 1.165) is 15.9 Å². The van der Waals surface area contributed by atoms with Gasteiger partial charge < -0.3 is 24.8 Å². The Hall–Kier alpha value is -0.0100. The van der Waals surface area contributed by atoms with Gasteiger partial charge in [0.1, 0.15) is 0 Å². The van der Waals surface area contributed by atoms with Crippen LogP contribution in [-0.4, -0.2) is 9.52 Å². The maximum absolute atomic E-state index is 2.99. The number of fused-ring (bicyclic) bond motifs is 1. The molecule has 0 aromatic heterocycles. The minimum Gasteiger partial charge on any atom is -1.00 e. The summed E-state index contributed by atoms with van der Waals surface area (Å²) in [5.74, 6) is 0. The summed E-state index contributed by atoms with van der Waals surface area (Å²) in [6, 6.07) is 14.7. The van der Waals surface area contributed by atoms with Crippen LogP contribution in [0.4, 0.5) is 0 Å². The molecule has 2 radical (unpaired) electrons. The summed E-state index contributed by atoms with van der Waals surface area (Å²) >= 11 is 0. The van der Waals surface area contributed by atoms with Crippen molar-refractivity contribution in [2.45, 2.75) is 19.5 Å². The first-order chi connectivity index (χ1) is 8.38. The summed E-state index contributed by atoms with van der Waals surface area (Å²) in [7, 11) is 1.08. The third-order valence-corrected chi connectivity index (χ3v) is 2.13. The molecule has 0 bridgehead atoms. The normalized spacial score (nSPS) is 9.90. The van der Waals surface area contributed by atoms with E-state index in [2.05, 4.69) is 67.7 Å². The molecule has 0 amide bonds. The minimum atomic E-state index is 0. The Morgan fingerprint density at radius 3 is 2.20 bits per heavy atom. The van der Waals surface area contributed by atoms with Crippen molar-refractivity contribution in [1.82, 2.24) is 0 Å². The molecule has 0 saturated carbocycles. The van der Waals surface area contributed by atoms with Gasteiger partial charge >= 0.3 is 26.2 Å². The predicted octanol–water partition coefficient (Wildman–Crippen LogP) is -1.34. The quantitative estimate of drug-likeness (QED) is 0.379. The summed E-state index contributed by atoms with van der Waals surface area (Å²) in [4.78, 5) is 0. The van der Waals surface area contributed by atoms with Crippen LogP contribution in [0.2, 0.25) is 13.1 Å². The molecule has 0 fully saturated rings. The van der Waals surface area contributed by atoms with E-state index >= 15 is 0 Å². The fraction of sp³-hybridized carbons (Fsp3) is 0.188. The summed E-state index contributed by atoms with van der Waals surface area (Å²) in [5, 5.41) is 2.66. The molecule has 3 rings (SSSR count). The van der Waals surface area contributed by atoms with Crippen LogP contribution in [0.25, 0.3) is 10.8 Å². The van der Waals surface area contributed by atoms with E-state index in [1.807, 2.05) is 12.2 Å². The number of hydrogen-bond acceptors (Lipinski definition) is 0. The van der Waals surface area contributed by atoms with Gasteiger partial charge in [0.15, 0.2) is 0 Å².